The van der Waals surface area contributed by atoms with Crippen molar-refractivity contribution in [2.75, 3.05) is 18.0 Å². The Morgan fingerprint density at radius 3 is 2.62 bits per heavy atom. The lowest BCUT2D eigenvalue weighted by molar-refractivity contribution is 0.109. The van der Waals surface area contributed by atoms with Gasteiger partial charge in [-0.25, -0.2) is 9.37 Å². The van der Waals surface area contributed by atoms with Gasteiger partial charge in [0.05, 0.1) is 16.3 Å². The van der Waals surface area contributed by atoms with Gasteiger partial charge >= 0.3 is 0 Å². The Morgan fingerprint density at radius 1 is 1.24 bits per heavy atom. The SMILES string of the molecule is Cn1cnnc1C1(F)CCN(c2c(C#N)cccc2-c2cnc(F)cc2Cl)CC1. The average molecular weight is 415 g/mol. The summed E-state index contributed by atoms with van der Waals surface area (Å²) in [5, 5.41) is 17.6. The number of alkyl halides is 1. The molecule has 0 spiro atoms. The molecule has 4 rings (SSSR count). The van der Waals surface area contributed by atoms with Gasteiger partial charge in [0.15, 0.2) is 11.5 Å². The largest absolute Gasteiger partial charge is 0.370 e. The van der Waals surface area contributed by atoms with Crippen molar-refractivity contribution in [3.05, 3.63) is 59.1 Å². The first-order valence-corrected chi connectivity index (χ1v) is 9.43. The van der Waals surface area contributed by atoms with Crippen LogP contribution in [0.4, 0.5) is 14.5 Å². The molecule has 0 N–H and O–H groups in total. The number of nitrogens with zero attached hydrogens (tertiary/aromatic N) is 6. The van der Waals surface area contributed by atoms with Gasteiger partial charge in [-0.1, -0.05) is 23.7 Å². The molecule has 3 aromatic rings. The molecule has 0 aliphatic carbocycles. The number of hydrogen-bond donors (Lipinski definition) is 0. The zero-order valence-electron chi connectivity index (χ0n) is 15.6. The lowest BCUT2D eigenvalue weighted by atomic mass is 9.90. The summed E-state index contributed by atoms with van der Waals surface area (Å²) in [5.41, 5.74) is 0.675. The van der Waals surface area contributed by atoms with E-state index in [9.17, 15) is 9.65 Å². The maximum Gasteiger partial charge on any atom is 0.214 e. The fraction of sp³-hybridized carbons (Fsp3) is 0.300. The zero-order valence-corrected chi connectivity index (χ0v) is 16.4. The Kier molecular flexibility index (Phi) is 4.92. The van der Waals surface area contributed by atoms with Crippen LogP contribution in [0.1, 0.15) is 24.2 Å². The molecule has 0 saturated carbocycles. The van der Waals surface area contributed by atoms with E-state index in [1.54, 1.807) is 29.8 Å². The molecule has 0 amide bonds. The summed E-state index contributed by atoms with van der Waals surface area (Å²) >= 11 is 6.24. The highest BCUT2D eigenvalue weighted by Crippen LogP contribution is 2.42. The minimum Gasteiger partial charge on any atom is -0.370 e. The zero-order chi connectivity index (χ0) is 20.6. The van der Waals surface area contributed by atoms with E-state index in [0.29, 0.717) is 41.3 Å². The van der Waals surface area contributed by atoms with E-state index >= 15 is 4.39 Å². The molecule has 1 fully saturated rings. The van der Waals surface area contributed by atoms with Crippen molar-refractivity contribution >= 4 is 17.3 Å². The molecule has 2 aromatic heterocycles. The molecule has 9 heteroatoms. The fourth-order valence-corrected chi connectivity index (χ4v) is 4.04. The molecule has 0 radical (unpaired) electrons. The second-order valence-electron chi connectivity index (χ2n) is 7.02. The first-order chi connectivity index (χ1) is 13.9. The van der Waals surface area contributed by atoms with Gasteiger partial charge in [-0.15, -0.1) is 10.2 Å². The summed E-state index contributed by atoms with van der Waals surface area (Å²) < 4.78 is 30.5. The summed E-state index contributed by atoms with van der Waals surface area (Å²) in [5.74, 6) is -0.377. The average Bonchev–Trinajstić information content (AvgIpc) is 3.15. The number of nitriles is 1. The third kappa shape index (κ3) is 3.42. The second kappa shape index (κ2) is 7.41. The first kappa shape index (κ1) is 19.3. The van der Waals surface area contributed by atoms with Crippen LogP contribution in [0.15, 0.2) is 36.8 Å². The van der Waals surface area contributed by atoms with Gasteiger partial charge in [-0.05, 0) is 6.07 Å². The number of pyridine rings is 1. The molecule has 0 unspecified atom stereocenters. The number of rotatable bonds is 3. The van der Waals surface area contributed by atoms with Crippen LogP contribution in [0.5, 0.6) is 0 Å². The molecule has 148 valence electrons. The Labute approximate surface area is 171 Å². The van der Waals surface area contributed by atoms with Crippen LogP contribution in [0.25, 0.3) is 11.1 Å². The Balaban J connectivity index is 1.71. The topological polar surface area (TPSA) is 70.6 Å². The predicted molar refractivity (Wildman–Crippen MR) is 105 cm³/mol. The third-order valence-corrected chi connectivity index (χ3v) is 5.56. The molecule has 1 aliphatic rings. The standard InChI is InChI=1S/C20H17ClF2N6/c1-28-12-26-27-19(28)20(23)5-7-29(8-6-20)18-13(10-24)3-2-4-14(18)15-11-25-17(22)9-16(15)21/h2-4,9,11-12H,5-8H2,1H3. The number of anilines is 1. The summed E-state index contributed by atoms with van der Waals surface area (Å²) in [7, 11) is 1.72. The van der Waals surface area contributed by atoms with Gasteiger partial charge in [0.1, 0.15) is 12.4 Å². The van der Waals surface area contributed by atoms with E-state index in [0.717, 1.165) is 6.07 Å². The smallest absolute Gasteiger partial charge is 0.214 e. The molecular formula is C20H17ClF2N6. The van der Waals surface area contributed by atoms with Crippen molar-refractivity contribution < 1.29 is 8.78 Å². The van der Waals surface area contributed by atoms with Crippen molar-refractivity contribution in [3.8, 4) is 17.2 Å². The molecule has 1 saturated heterocycles. The highest BCUT2D eigenvalue weighted by molar-refractivity contribution is 6.33. The van der Waals surface area contributed by atoms with Crippen LogP contribution in [0, 0.1) is 17.3 Å². The second-order valence-corrected chi connectivity index (χ2v) is 7.43. The van der Waals surface area contributed by atoms with Gasteiger partial charge in [-0.3, -0.25) is 0 Å². The molecule has 6 nitrogen and oxygen atoms in total. The molecule has 1 aliphatic heterocycles. The van der Waals surface area contributed by atoms with Gasteiger partial charge in [0.2, 0.25) is 5.95 Å². The van der Waals surface area contributed by atoms with Gasteiger partial charge < -0.3 is 9.47 Å². The first-order valence-electron chi connectivity index (χ1n) is 9.06. The van der Waals surface area contributed by atoms with Crippen LogP contribution in [-0.4, -0.2) is 32.8 Å². The van der Waals surface area contributed by atoms with Crippen molar-refractivity contribution in [1.29, 1.82) is 5.26 Å². The Hall–Kier alpha value is -3.05. The highest BCUT2D eigenvalue weighted by Gasteiger charge is 2.40. The minimum absolute atomic E-state index is 0.199. The monoisotopic (exact) mass is 414 g/mol. The molecule has 1 aromatic carbocycles. The van der Waals surface area contributed by atoms with E-state index in [1.165, 1.54) is 12.5 Å². The van der Waals surface area contributed by atoms with Gasteiger partial charge in [0.25, 0.3) is 0 Å². The molecular weight excluding hydrogens is 398 g/mol. The summed E-state index contributed by atoms with van der Waals surface area (Å²) in [6.07, 6.45) is 3.23. The van der Waals surface area contributed by atoms with E-state index < -0.39 is 11.6 Å². The van der Waals surface area contributed by atoms with E-state index in [1.807, 2.05) is 4.90 Å². The van der Waals surface area contributed by atoms with Crippen LogP contribution >= 0.6 is 11.6 Å². The Bertz CT molecular complexity index is 1100. The quantitative estimate of drug-likeness (QED) is 0.606. The van der Waals surface area contributed by atoms with E-state index in [4.69, 9.17) is 11.6 Å². The van der Waals surface area contributed by atoms with Crippen LogP contribution in [-0.2, 0) is 12.7 Å². The maximum atomic E-state index is 15.5. The van der Waals surface area contributed by atoms with Gasteiger partial charge in [-0.2, -0.15) is 9.65 Å². The maximum absolute atomic E-state index is 15.5. The summed E-state index contributed by atoms with van der Waals surface area (Å²) in [4.78, 5) is 5.65. The van der Waals surface area contributed by atoms with Gasteiger partial charge in [0, 0.05) is 56.4 Å². The number of aromatic nitrogens is 4. The Morgan fingerprint density at radius 2 is 2.00 bits per heavy atom. The molecule has 3 heterocycles. The van der Waals surface area contributed by atoms with E-state index in [2.05, 4.69) is 21.3 Å². The number of piperidine rings is 1. The van der Waals surface area contributed by atoms with Crippen LogP contribution in [0.2, 0.25) is 5.02 Å². The normalized spacial score (nSPS) is 15.9. The lowest BCUT2D eigenvalue weighted by Crippen LogP contribution is -2.42. The van der Waals surface area contributed by atoms with E-state index in [-0.39, 0.29) is 17.9 Å². The number of halogens is 3. The summed E-state index contributed by atoms with van der Waals surface area (Å²) in [6, 6.07) is 8.56. The van der Waals surface area contributed by atoms with Crippen LogP contribution in [0.3, 0.4) is 0 Å². The predicted octanol–water partition coefficient (Wildman–Crippen LogP) is 4.01. The number of benzene rings is 1. The minimum atomic E-state index is -1.58. The van der Waals surface area contributed by atoms with Crippen molar-refractivity contribution in [2.45, 2.75) is 18.5 Å². The molecule has 0 bridgehead atoms. The number of para-hydroxylation sites is 1. The number of hydrogen-bond acceptors (Lipinski definition) is 5. The summed E-state index contributed by atoms with van der Waals surface area (Å²) in [6.45, 7) is 0.753. The molecule has 0 atom stereocenters. The number of aryl methyl sites for hydroxylation is 1. The third-order valence-electron chi connectivity index (χ3n) is 5.25. The van der Waals surface area contributed by atoms with Crippen molar-refractivity contribution in [2.24, 2.45) is 7.05 Å². The lowest BCUT2D eigenvalue weighted by Gasteiger charge is -2.38. The highest BCUT2D eigenvalue weighted by atomic mass is 35.5. The molecule has 29 heavy (non-hydrogen) atoms. The van der Waals surface area contributed by atoms with Crippen molar-refractivity contribution in [3.63, 3.8) is 0 Å². The van der Waals surface area contributed by atoms with Crippen LogP contribution < -0.4 is 4.90 Å². The fourth-order valence-electron chi connectivity index (χ4n) is 3.79. The van der Waals surface area contributed by atoms with Crippen molar-refractivity contribution in [1.82, 2.24) is 19.7 Å².